The Labute approximate surface area is 85.7 Å². The van der Waals surface area contributed by atoms with Crippen molar-refractivity contribution in [3.63, 3.8) is 0 Å². The van der Waals surface area contributed by atoms with Gasteiger partial charge < -0.3 is 9.84 Å². The third-order valence-corrected chi connectivity index (χ3v) is 3.00. The van der Waals surface area contributed by atoms with E-state index in [1.165, 1.54) is 0 Å². The lowest BCUT2D eigenvalue weighted by atomic mass is 10.1. The Morgan fingerprint density at radius 2 is 2.33 bits per heavy atom. The van der Waals surface area contributed by atoms with Crippen LogP contribution < -0.4 is 4.74 Å². The van der Waals surface area contributed by atoms with Crippen LogP contribution in [0, 0.1) is 17.2 Å². The summed E-state index contributed by atoms with van der Waals surface area (Å²) in [4.78, 5) is 10.8. The highest BCUT2D eigenvalue weighted by atomic mass is 16.5. The van der Waals surface area contributed by atoms with Gasteiger partial charge in [-0.2, -0.15) is 5.26 Å². The zero-order valence-electron chi connectivity index (χ0n) is 7.68. The molecule has 1 N–H and O–H groups in total. The monoisotopic (exact) mass is 201 g/mol. The molecule has 0 amide bonds. The second-order valence-electron chi connectivity index (χ2n) is 3.84. The zero-order chi connectivity index (χ0) is 10.6. The SMILES string of the molecule is N#Cc1ccc2c(c1)C1C(O2)C1C(=O)O. The lowest BCUT2D eigenvalue weighted by Gasteiger charge is -2.05. The fraction of sp³-hybridized carbons (Fsp3) is 0.273. The number of carboxylic acid groups (broad SMARTS) is 1. The summed E-state index contributed by atoms with van der Waals surface area (Å²) in [6.07, 6.45) is -0.216. The number of aliphatic carboxylic acids is 1. The summed E-state index contributed by atoms with van der Waals surface area (Å²) in [6.45, 7) is 0. The molecular formula is C11H7NO3. The van der Waals surface area contributed by atoms with E-state index in [1.54, 1.807) is 18.2 Å². The first kappa shape index (κ1) is 8.30. The minimum atomic E-state index is -0.821. The van der Waals surface area contributed by atoms with Gasteiger partial charge in [0.1, 0.15) is 17.8 Å². The smallest absolute Gasteiger partial charge is 0.311 e. The summed E-state index contributed by atoms with van der Waals surface area (Å²) < 4.78 is 5.46. The maximum absolute atomic E-state index is 10.8. The minimum Gasteiger partial charge on any atom is -0.489 e. The average Bonchev–Trinajstić information content (AvgIpc) is 2.83. The van der Waals surface area contributed by atoms with Crippen molar-refractivity contribution in [1.82, 2.24) is 0 Å². The Kier molecular flexibility index (Phi) is 1.39. The number of ether oxygens (including phenoxy) is 1. The van der Waals surface area contributed by atoms with Crippen LogP contribution in [-0.4, -0.2) is 17.2 Å². The van der Waals surface area contributed by atoms with Crippen molar-refractivity contribution in [2.24, 2.45) is 5.92 Å². The van der Waals surface area contributed by atoms with Gasteiger partial charge in [0, 0.05) is 11.5 Å². The van der Waals surface area contributed by atoms with E-state index in [-0.39, 0.29) is 12.0 Å². The summed E-state index contributed by atoms with van der Waals surface area (Å²) in [5, 5.41) is 17.6. The Morgan fingerprint density at radius 3 is 3.00 bits per heavy atom. The van der Waals surface area contributed by atoms with Crippen LogP contribution in [0.25, 0.3) is 0 Å². The molecular weight excluding hydrogens is 194 g/mol. The number of benzene rings is 1. The molecule has 1 fully saturated rings. The van der Waals surface area contributed by atoms with Crippen molar-refractivity contribution < 1.29 is 14.6 Å². The summed E-state index contributed by atoms with van der Waals surface area (Å²) in [5.74, 6) is -0.572. The molecule has 1 aliphatic carbocycles. The predicted molar refractivity (Wildman–Crippen MR) is 49.4 cm³/mol. The van der Waals surface area contributed by atoms with E-state index in [9.17, 15) is 4.79 Å². The second kappa shape index (κ2) is 2.51. The van der Waals surface area contributed by atoms with Crippen molar-refractivity contribution in [2.75, 3.05) is 0 Å². The van der Waals surface area contributed by atoms with Gasteiger partial charge in [0.2, 0.25) is 0 Å². The molecule has 1 saturated carbocycles. The van der Waals surface area contributed by atoms with Gasteiger partial charge in [0.05, 0.1) is 11.6 Å². The van der Waals surface area contributed by atoms with Crippen molar-refractivity contribution in [2.45, 2.75) is 12.0 Å². The van der Waals surface area contributed by atoms with Crippen molar-refractivity contribution >= 4 is 5.97 Å². The maximum Gasteiger partial charge on any atom is 0.311 e. The molecule has 3 rings (SSSR count). The topological polar surface area (TPSA) is 70.3 Å². The Bertz CT molecular complexity index is 503. The molecule has 15 heavy (non-hydrogen) atoms. The number of carbonyl (C=O) groups is 1. The van der Waals surface area contributed by atoms with Crippen molar-refractivity contribution in [3.8, 4) is 11.8 Å². The molecule has 0 saturated heterocycles. The highest BCUT2D eigenvalue weighted by Gasteiger charge is 2.62. The van der Waals surface area contributed by atoms with Gasteiger partial charge in [-0.05, 0) is 18.2 Å². The fourth-order valence-electron chi connectivity index (χ4n) is 2.23. The van der Waals surface area contributed by atoms with Gasteiger partial charge in [-0.3, -0.25) is 4.79 Å². The standard InChI is InChI=1S/C11H7NO3/c12-4-5-1-2-7-6(3-5)8-9(11(13)14)10(8)15-7/h1-3,8-10H,(H,13,14). The van der Waals surface area contributed by atoms with E-state index < -0.39 is 11.9 Å². The number of hydrogen-bond acceptors (Lipinski definition) is 3. The van der Waals surface area contributed by atoms with E-state index in [0.29, 0.717) is 5.56 Å². The summed E-state index contributed by atoms with van der Waals surface area (Å²) in [7, 11) is 0. The fourth-order valence-corrected chi connectivity index (χ4v) is 2.23. The number of nitrogens with zero attached hydrogens (tertiary/aromatic N) is 1. The molecule has 1 heterocycles. The van der Waals surface area contributed by atoms with Gasteiger partial charge in [0.15, 0.2) is 0 Å². The van der Waals surface area contributed by atoms with Crippen LogP contribution in [0.4, 0.5) is 0 Å². The molecule has 2 aliphatic rings. The third-order valence-electron chi connectivity index (χ3n) is 3.00. The zero-order valence-corrected chi connectivity index (χ0v) is 7.68. The maximum atomic E-state index is 10.8. The quantitative estimate of drug-likeness (QED) is 0.739. The summed E-state index contributed by atoms with van der Waals surface area (Å²) in [5.41, 5.74) is 1.42. The van der Waals surface area contributed by atoms with Crippen LogP contribution in [0.5, 0.6) is 5.75 Å². The van der Waals surface area contributed by atoms with E-state index in [4.69, 9.17) is 15.1 Å². The molecule has 1 aromatic rings. The number of fused-ring (bicyclic) bond motifs is 3. The summed E-state index contributed by atoms with van der Waals surface area (Å²) in [6, 6.07) is 7.18. The number of rotatable bonds is 1. The Balaban J connectivity index is 2.01. The normalized spacial score (nSPS) is 29.7. The molecule has 4 heteroatoms. The second-order valence-corrected chi connectivity index (χ2v) is 3.84. The number of carboxylic acids is 1. The van der Waals surface area contributed by atoms with Crippen LogP contribution >= 0.6 is 0 Å². The molecule has 0 spiro atoms. The highest BCUT2D eigenvalue weighted by Crippen LogP contribution is 2.58. The highest BCUT2D eigenvalue weighted by molar-refractivity contribution is 5.79. The van der Waals surface area contributed by atoms with Gasteiger partial charge in [-0.15, -0.1) is 0 Å². The van der Waals surface area contributed by atoms with E-state index in [0.717, 1.165) is 11.3 Å². The predicted octanol–water partition coefficient (Wildman–Crippen LogP) is 1.12. The molecule has 0 radical (unpaired) electrons. The molecule has 1 aliphatic heterocycles. The average molecular weight is 201 g/mol. The molecule has 4 nitrogen and oxygen atoms in total. The number of hydrogen-bond donors (Lipinski definition) is 1. The first-order valence-electron chi connectivity index (χ1n) is 4.66. The Hall–Kier alpha value is -2.02. The van der Waals surface area contributed by atoms with Gasteiger partial charge in [0.25, 0.3) is 0 Å². The van der Waals surface area contributed by atoms with E-state index in [2.05, 4.69) is 0 Å². The number of nitriles is 1. The molecule has 74 valence electrons. The van der Waals surface area contributed by atoms with Crippen LogP contribution in [0.3, 0.4) is 0 Å². The van der Waals surface area contributed by atoms with Crippen LogP contribution in [0.2, 0.25) is 0 Å². The minimum absolute atomic E-state index is 0.0502. The summed E-state index contributed by atoms with van der Waals surface area (Å²) >= 11 is 0. The lowest BCUT2D eigenvalue weighted by molar-refractivity contribution is -0.139. The molecule has 3 atom stereocenters. The molecule has 0 bridgehead atoms. The van der Waals surface area contributed by atoms with E-state index >= 15 is 0 Å². The molecule has 1 aromatic carbocycles. The van der Waals surface area contributed by atoms with Crippen LogP contribution in [-0.2, 0) is 4.79 Å². The van der Waals surface area contributed by atoms with Crippen molar-refractivity contribution in [1.29, 1.82) is 5.26 Å². The first-order chi connectivity index (χ1) is 7.22. The van der Waals surface area contributed by atoms with Gasteiger partial charge >= 0.3 is 5.97 Å². The van der Waals surface area contributed by atoms with Gasteiger partial charge in [-0.25, -0.2) is 0 Å². The Morgan fingerprint density at radius 1 is 1.53 bits per heavy atom. The first-order valence-corrected chi connectivity index (χ1v) is 4.66. The van der Waals surface area contributed by atoms with Crippen LogP contribution in [0.15, 0.2) is 18.2 Å². The van der Waals surface area contributed by atoms with Gasteiger partial charge in [-0.1, -0.05) is 0 Å². The molecule has 0 aromatic heterocycles. The van der Waals surface area contributed by atoms with E-state index in [1.807, 2.05) is 6.07 Å². The lowest BCUT2D eigenvalue weighted by Crippen LogP contribution is -2.08. The third kappa shape index (κ3) is 0.975. The largest absolute Gasteiger partial charge is 0.489 e. The van der Waals surface area contributed by atoms with Crippen molar-refractivity contribution in [3.05, 3.63) is 29.3 Å². The van der Waals surface area contributed by atoms with Crippen LogP contribution in [0.1, 0.15) is 17.0 Å². The molecule has 3 unspecified atom stereocenters.